The van der Waals surface area contributed by atoms with Gasteiger partial charge in [0.25, 0.3) is 5.91 Å². The van der Waals surface area contributed by atoms with E-state index < -0.39 is 5.60 Å². The van der Waals surface area contributed by atoms with Crippen LogP contribution >= 0.6 is 0 Å². The van der Waals surface area contributed by atoms with Crippen LogP contribution in [0.4, 0.5) is 0 Å². The van der Waals surface area contributed by atoms with Crippen LogP contribution < -0.4 is 5.32 Å². The SMILES string of the molecule is O=C(N[C@@H]1C[N+]2(Cc3cnc([C@](O)(c4ccccc4)C4CCCCC4)o3)CCC1CC2)c1ccccc1. The highest BCUT2D eigenvalue weighted by molar-refractivity contribution is 5.94. The summed E-state index contributed by atoms with van der Waals surface area (Å²) in [4.78, 5) is 17.6. The summed E-state index contributed by atoms with van der Waals surface area (Å²) in [6.07, 6.45) is 9.49. The van der Waals surface area contributed by atoms with Crippen molar-refractivity contribution in [1.29, 1.82) is 0 Å². The number of piperidine rings is 3. The molecule has 7 rings (SSSR count). The molecule has 4 aliphatic rings. The number of nitrogens with one attached hydrogen (secondary N) is 1. The van der Waals surface area contributed by atoms with Crippen molar-refractivity contribution in [3.63, 3.8) is 0 Å². The van der Waals surface area contributed by atoms with Gasteiger partial charge >= 0.3 is 0 Å². The Labute approximate surface area is 219 Å². The highest BCUT2D eigenvalue weighted by atomic mass is 16.4. The first-order valence-electron chi connectivity index (χ1n) is 14.0. The number of amides is 1. The van der Waals surface area contributed by atoms with E-state index in [4.69, 9.17) is 9.40 Å². The van der Waals surface area contributed by atoms with Gasteiger partial charge in [-0.2, -0.15) is 0 Å². The van der Waals surface area contributed by atoms with Crippen LogP contribution in [0.2, 0.25) is 0 Å². The Morgan fingerprint density at radius 3 is 2.35 bits per heavy atom. The van der Waals surface area contributed by atoms with Crippen LogP contribution in [0, 0.1) is 11.8 Å². The van der Waals surface area contributed by atoms with E-state index >= 15 is 0 Å². The maximum absolute atomic E-state index is 12.9. The topological polar surface area (TPSA) is 75.4 Å². The molecule has 1 aromatic heterocycles. The van der Waals surface area contributed by atoms with Crippen molar-refractivity contribution >= 4 is 5.91 Å². The Hall–Kier alpha value is -2.96. The lowest BCUT2D eigenvalue weighted by atomic mass is 9.73. The van der Waals surface area contributed by atoms with Crippen molar-refractivity contribution in [2.75, 3.05) is 19.6 Å². The number of oxazole rings is 1. The van der Waals surface area contributed by atoms with Gasteiger partial charge in [0, 0.05) is 24.3 Å². The van der Waals surface area contributed by atoms with E-state index in [9.17, 15) is 9.90 Å². The standard InChI is InChI=1S/C31H37N3O3/c35-29(24-10-4-1-5-11-24)33-28-22-34(18-16-23(28)17-19-34)21-27-20-32-30(37-27)31(36,25-12-6-2-7-13-25)26-14-8-3-9-15-26/h1-2,4-7,10-13,20,23,26,28,36H,3,8-9,14-19,21-22H2/p+1/t23?,28-,31+,34?/m1/s1. The Morgan fingerprint density at radius 1 is 0.973 bits per heavy atom. The molecule has 3 aromatic rings. The summed E-state index contributed by atoms with van der Waals surface area (Å²) in [6.45, 7) is 3.83. The number of aromatic nitrogens is 1. The van der Waals surface area contributed by atoms with Crippen molar-refractivity contribution in [3.05, 3.63) is 89.6 Å². The Bertz CT molecular complexity index is 1200. The molecule has 2 atom stereocenters. The Morgan fingerprint density at radius 2 is 1.65 bits per heavy atom. The van der Waals surface area contributed by atoms with Crippen LogP contribution in [-0.2, 0) is 12.1 Å². The van der Waals surface area contributed by atoms with Crippen LogP contribution in [0.5, 0.6) is 0 Å². The monoisotopic (exact) mass is 500 g/mol. The molecule has 1 saturated carbocycles. The van der Waals surface area contributed by atoms with E-state index in [2.05, 4.69) is 5.32 Å². The fourth-order valence-electron chi connectivity index (χ4n) is 7.15. The molecule has 4 fully saturated rings. The van der Waals surface area contributed by atoms with Gasteiger partial charge in [-0.15, -0.1) is 0 Å². The largest absolute Gasteiger partial charge is 0.436 e. The number of carbonyl (C=O) groups is 1. The van der Waals surface area contributed by atoms with E-state index in [1.54, 1.807) is 0 Å². The molecule has 194 valence electrons. The molecule has 0 unspecified atom stereocenters. The fourth-order valence-corrected chi connectivity index (χ4v) is 7.15. The van der Waals surface area contributed by atoms with Gasteiger partial charge in [-0.3, -0.25) is 4.79 Å². The quantitative estimate of drug-likeness (QED) is 0.446. The second kappa shape index (κ2) is 10.1. The van der Waals surface area contributed by atoms with Gasteiger partial charge in [0.2, 0.25) is 5.89 Å². The number of nitrogens with zero attached hydrogens (tertiary/aromatic N) is 2. The summed E-state index contributed by atoms with van der Waals surface area (Å²) < 4.78 is 7.33. The number of rotatable bonds is 7. The summed E-state index contributed by atoms with van der Waals surface area (Å²) in [5.74, 6) is 1.91. The summed E-state index contributed by atoms with van der Waals surface area (Å²) >= 11 is 0. The van der Waals surface area contributed by atoms with E-state index in [0.29, 0.717) is 17.4 Å². The Kier molecular flexibility index (Phi) is 6.63. The van der Waals surface area contributed by atoms with Crippen LogP contribution in [0.25, 0.3) is 0 Å². The van der Waals surface area contributed by atoms with Gasteiger partial charge in [-0.25, -0.2) is 4.98 Å². The molecule has 1 amide bonds. The van der Waals surface area contributed by atoms with Crippen molar-refractivity contribution in [3.8, 4) is 0 Å². The van der Waals surface area contributed by atoms with E-state index in [0.717, 1.165) is 80.5 Å². The van der Waals surface area contributed by atoms with Crippen LogP contribution in [0.3, 0.4) is 0 Å². The van der Waals surface area contributed by atoms with Crippen LogP contribution in [-0.4, -0.2) is 46.2 Å². The zero-order valence-corrected chi connectivity index (χ0v) is 21.5. The minimum absolute atomic E-state index is 0.0138. The third kappa shape index (κ3) is 4.73. The Balaban J connectivity index is 1.21. The number of fused-ring (bicyclic) bond motifs is 3. The molecule has 3 saturated heterocycles. The van der Waals surface area contributed by atoms with Crippen LogP contribution in [0.1, 0.15) is 72.5 Å². The average Bonchev–Trinajstić information content (AvgIpc) is 3.43. The lowest BCUT2D eigenvalue weighted by Gasteiger charge is -2.52. The molecule has 2 N–H and O–H groups in total. The normalized spacial score (nSPS) is 27.5. The maximum atomic E-state index is 12.9. The first-order valence-corrected chi connectivity index (χ1v) is 14.0. The van der Waals surface area contributed by atoms with E-state index in [1.165, 1.54) is 6.42 Å². The minimum atomic E-state index is -1.21. The molecule has 0 spiro atoms. The number of hydrogen-bond acceptors (Lipinski definition) is 4. The predicted molar refractivity (Wildman–Crippen MR) is 142 cm³/mol. The molecule has 2 bridgehead atoms. The fraction of sp³-hybridized carbons (Fsp3) is 0.484. The third-order valence-electron chi connectivity index (χ3n) is 9.23. The summed E-state index contributed by atoms with van der Waals surface area (Å²) in [7, 11) is 0. The van der Waals surface area contributed by atoms with Gasteiger partial charge in [-0.05, 0) is 36.5 Å². The highest BCUT2D eigenvalue weighted by Gasteiger charge is 2.48. The lowest BCUT2D eigenvalue weighted by molar-refractivity contribution is -0.956. The molecular weight excluding hydrogens is 462 g/mol. The maximum Gasteiger partial charge on any atom is 0.251 e. The molecule has 3 aliphatic heterocycles. The van der Waals surface area contributed by atoms with Crippen molar-refractivity contribution < 1.29 is 18.8 Å². The van der Waals surface area contributed by atoms with Crippen molar-refractivity contribution in [2.24, 2.45) is 11.8 Å². The number of aliphatic hydroxyl groups is 1. The summed E-state index contributed by atoms with van der Waals surface area (Å²) in [5.41, 5.74) is 0.374. The first kappa shape index (κ1) is 24.4. The molecule has 6 heteroatoms. The second-order valence-corrected chi connectivity index (χ2v) is 11.5. The smallest absolute Gasteiger partial charge is 0.251 e. The zero-order valence-electron chi connectivity index (χ0n) is 21.5. The molecule has 1 aliphatic carbocycles. The number of hydrogen-bond donors (Lipinski definition) is 2. The number of carbonyl (C=O) groups excluding carboxylic acids is 1. The van der Waals surface area contributed by atoms with Gasteiger partial charge in [0.05, 0.1) is 31.9 Å². The van der Waals surface area contributed by atoms with Crippen LogP contribution in [0.15, 0.2) is 71.3 Å². The lowest BCUT2D eigenvalue weighted by Crippen LogP contribution is -2.66. The molecule has 0 radical (unpaired) electrons. The zero-order chi connectivity index (χ0) is 25.3. The van der Waals surface area contributed by atoms with Gasteiger partial charge < -0.3 is 19.3 Å². The summed E-state index contributed by atoms with van der Waals surface area (Å²) in [6, 6.07) is 19.6. The average molecular weight is 501 g/mol. The number of quaternary nitrogens is 1. The van der Waals surface area contributed by atoms with Gasteiger partial charge in [-0.1, -0.05) is 67.8 Å². The third-order valence-corrected chi connectivity index (χ3v) is 9.23. The number of benzene rings is 2. The van der Waals surface area contributed by atoms with E-state index in [-0.39, 0.29) is 17.9 Å². The predicted octanol–water partition coefficient (Wildman–Crippen LogP) is 5.03. The van der Waals surface area contributed by atoms with Crippen molar-refractivity contribution in [2.45, 2.75) is 63.1 Å². The molecule has 37 heavy (non-hydrogen) atoms. The molecular formula is C31H38N3O3+. The molecule has 4 heterocycles. The molecule has 2 aromatic carbocycles. The first-order chi connectivity index (χ1) is 18.1. The highest BCUT2D eigenvalue weighted by Crippen LogP contribution is 2.44. The molecule has 6 nitrogen and oxygen atoms in total. The summed E-state index contributed by atoms with van der Waals surface area (Å²) in [5, 5.41) is 15.5. The van der Waals surface area contributed by atoms with E-state index in [1.807, 2.05) is 66.9 Å². The second-order valence-electron chi connectivity index (χ2n) is 11.5. The minimum Gasteiger partial charge on any atom is -0.436 e. The van der Waals surface area contributed by atoms with Crippen molar-refractivity contribution in [1.82, 2.24) is 10.3 Å². The van der Waals surface area contributed by atoms with Gasteiger partial charge in [0.1, 0.15) is 6.54 Å². The van der Waals surface area contributed by atoms with Gasteiger partial charge in [0.15, 0.2) is 11.4 Å².